The monoisotopic (exact) mass is 450 g/mol. The van der Waals surface area contributed by atoms with Crippen LogP contribution in [-0.4, -0.2) is 10.9 Å². The Labute approximate surface area is 178 Å². The quantitative estimate of drug-likeness (QED) is 0.363. The second-order valence-electron chi connectivity index (χ2n) is 6.32. The first-order valence-corrected chi connectivity index (χ1v) is 9.31. The van der Waals surface area contributed by atoms with Gasteiger partial charge in [0.25, 0.3) is 5.91 Å². The maximum atomic E-state index is 13.2. The first kappa shape index (κ1) is 20.3. The summed E-state index contributed by atoms with van der Waals surface area (Å²) >= 11 is 12.2. The van der Waals surface area contributed by atoms with Gasteiger partial charge in [-0.25, -0.2) is 4.98 Å². The van der Waals surface area contributed by atoms with Gasteiger partial charge in [-0.15, -0.1) is 0 Å². The van der Waals surface area contributed by atoms with Crippen molar-refractivity contribution in [2.45, 2.75) is 6.18 Å². The molecule has 4 nitrogen and oxygen atoms in total. The summed E-state index contributed by atoms with van der Waals surface area (Å²) in [4.78, 5) is 16.8. The highest BCUT2D eigenvalue weighted by Gasteiger charge is 2.34. The molecule has 0 radical (unpaired) electrons. The van der Waals surface area contributed by atoms with E-state index < -0.39 is 23.2 Å². The number of benzene rings is 3. The molecular formula is C21H11Cl2F3N2O2. The van der Waals surface area contributed by atoms with Crippen LogP contribution >= 0.6 is 23.2 Å². The molecule has 3 aromatic carbocycles. The Kier molecular flexibility index (Phi) is 5.17. The third-order valence-electron chi connectivity index (χ3n) is 4.28. The number of hydrogen-bond donors (Lipinski definition) is 1. The first-order valence-electron chi connectivity index (χ1n) is 8.56. The van der Waals surface area contributed by atoms with E-state index in [0.29, 0.717) is 26.7 Å². The fourth-order valence-corrected chi connectivity index (χ4v) is 3.27. The van der Waals surface area contributed by atoms with Gasteiger partial charge in [0.2, 0.25) is 5.89 Å². The number of alkyl halides is 3. The standard InChI is InChI=1S/C21H11Cl2F3N2O2/c22-11-5-8-17-18(9-11)30-20(28-17)14-10-12(6-7-16(14)23)27-19(29)13-3-1-2-4-15(13)21(24,25)26/h1-10H,(H,27,29). The molecule has 1 N–H and O–H groups in total. The highest BCUT2D eigenvalue weighted by molar-refractivity contribution is 6.33. The van der Waals surface area contributed by atoms with E-state index >= 15 is 0 Å². The van der Waals surface area contributed by atoms with Crippen LogP contribution in [0.15, 0.2) is 65.1 Å². The van der Waals surface area contributed by atoms with E-state index in [1.165, 1.54) is 30.3 Å². The van der Waals surface area contributed by atoms with Crippen molar-refractivity contribution in [1.82, 2.24) is 4.98 Å². The van der Waals surface area contributed by atoms with E-state index in [9.17, 15) is 18.0 Å². The maximum Gasteiger partial charge on any atom is 0.417 e. The van der Waals surface area contributed by atoms with Crippen molar-refractivity contribution in [3.8, 4) is 11.5 Å². The molecule has 4 aromatic rings. The Hall–Kier alpha value is -3.03. The minimum absolute atomic E-state index is 0.184. The molecule has 0 unspecified atom stereocenters. The molecule has 0 spiro atoms. The van der Waals surface area contributed by atoms with Crippen LogP contribution in [0.4, 0.5) is 18.9 Å². The lowest BCUT2D eigenvalue weighted by atomic mass is 10.1. The molecule has 1 aromatic heterocycles. The van der Waals surface area contributed by atoms with Crippen LogP contribution in [0, 0.1) is 0 Å². The lowest BCUT2D eigenvalue weighted by molar-refractivity contribution is -0.137. The van der Waals surface area contributed by atoms with Gasteiger partial charge in [0.1, 0.15) is 5.52 Å². The van der Waals surface area contributed by atoms with Gasteiger partial charge < -0.3 is 9.73 Å². The lowest BCUT2D eigenvalue weighted by Gasteiger charge is -2.13. The summed E-state index contributed by atoms with van der Waals surface area (Å²) in [5, 5.41) is 3.23. The molecule has 0 aliphatic carbocycles. The number of aromatic nitrogens is 1. The molecule has 0 atom stereocenters. The van der Waals surface area contributed by atoms with Gasteiger partial charge in [-0.05, 0) is 42.5 Å². The van der Waals surface area contributed by atoms with Crippen LogP contribution < -0.4 is 5.32 Å². The zero-order valence-corrected chi connectivity index (χ0v) is 16.4. The number of nitrogens with one attached hydrogen (secondary N) is 1. The van der Waals surface area contributed by atoms with Gasteiger partial charge >= 0.3 is 6.18 Å². The lowest BCUT2D eigenvalue weighted by Crippen LogP contribution is -2.18. The van der Waals surface area contributed by atoms with E-state index in [1.807, 2.05) is 0 Å². The van der Waals surface area contributed by atoms with Crippen LogP contribution in [0.1, 0.15) is 15.9 Å². The zero-order valence-electron chi connectivity index (χ0n) is 14.9. The van der Waals surface area contributed by atoms with E-state index in [-0.39, 0.29) is 11.6 Å². The maximum absolute atomic E-state index is 13.2. The van der Waals surface area contributed by atoms with Gasteiger partial charge in [-0.3, -0.25) is 4.79 Å². The summed E-state index contributed by atoms with van der Waals surface area (Å²) in [5.41, 5.74) is 0.0919. The van der Waals surface area contributed by atoms with E-state index in [1.54, 1.807) is 18.2 Å². The Balaban J connectivity index is 1.68. The molecule has 30 heavy (non-hydrogen) atoms. The summed E-state index contributed by atoms with van der Waals surface area (Å²) in [6.45, 7) is 0. The van der Waals surface area contributed by atoms with E-state index in [0.717, 1.165) is 12.1 Å². The topological polar surface area (TPSA) is 55.1 Å². The van der Waals surface area contributed by atoms with Crippen LogP contribution in [0.25, 0.3) is 22.6 Å². The predicted octanol–water partition coefficient (Wildman–Crippen LogP) is 7.07. The van der Waals surface area contributed by atoms with Crippen molar-refractivity contribution in [1.29, 1.82) is 0 Å². The molecule has 0 bridgehead atoms. The molecule has 1 heterocycles. The molecule has 9 heteroatoms. The zero-order chi connectivity index (χ0) is 21.5. The Morgan fingerprint density at radius 2 is 1.77 bits per heavy atom. The van der Waals surface area contributed by atoms with Crippen LogP contribution in [0.2, 0.25) is 10.0 Å². The third-order valence-corrected chi connectivity index (χ3v) is 4.85. The van der Waals surface area contributed by atoms with Crippen LogP contribution in [0.5, 0.6) is 0 Å². The Morgan fingerprint density at radius 1 is 1.00 bits per heavy atom. The third kappa shape index (κ3) is 3.99. The minimum atomic E-state index is -4.65. The molecule has 0 fully saturated rings. The highest BCUT2D eigenvalue weighted by Crippen LogP contribution is 2.34. The molecule has 0 aliphatic rings. The number of halogens is 5. The summed E-state index contributed by atoms with van der Waals surface area (Å²) in [5.74, 6) is -0.718. The largest absolute Gasteiger partial charge is 0.436 e. The van der Waals surface area contributed by atoms with Crippen molar-refractivity contribution >= 4 is 45.9 Å². The van der Waals surface area contributed by atoms with Crippen molar-refractivity contribution in [3.63, 3.8) is 0 Å². The molecule has 1 amide bonds. The molecule has 4 rings (SSSR count). The van der Waals surface area contributed by atoms with Crippen LogP contribution in [-0.2, 0) is 6.18 Å². The summed E-state index contributed by atoms with van der Waals surface area (Å²) in [6, 6.07) is 13.9. The number of carbonyl (C=O) groups excluding carboxylic acids is 1. The van der Waals surface area contributed by atoms with Gasteiger partial charge in [-0.2, -0.15) is 13.2 Å². The molecular weight excluding hydrogens is 440 g/mol. The normalized spacial score (nSPS) is 11.6. The number of nitrogens with zero attached hydrogens (tertiary/aromatic N) is 1. The molecule has 0 saturated heterocycles. The smallest absolute Gasteiger partial charge is 0.417 e. The number of amides is 1. The molecule has 0 saturated carbocycles. The number of rotatable bonds is 3. The number of oxazole rings is 1. The van der Waals surface area contributed by atoms with Crippen molar-refractivity contribution in [2.75, 3.05) is 5.32 Å². The van der Waals surface area contributed by atoms with Crippen LogP contribution in [0.3, 0.4) is 0 Å². The predicted molar refractivity (Wildman–Crippen MR) is 109 cm³/mol. The number of anilines is 1. The summed E-state index contributed by atoms with van der Waals surface area (Å²) < 4.78 is 45.2. The number of fused-ring (bicyclic) bond motifs is 1. The average Bonchev–Trinajstić information content (AvgIpc) is 3.11. The average molecular weight is 451 g/mol. The van der Waals surface area contributed by atoms with E-state index in [4.69, 9.17) is 27.6 Å². The van der Waals surface area contributed by atoms with E-state index in [2.05, 4.69) is 10.3 Å². The highest BCUT2D eigenvalue weighted by atomic mass is 35.5. The van der Waals surface area contributed by atoms with Crippen molar-refractivity contribution in [3.05, 3.63) is 81.8 Å². The van der Waals surface area contributed by atoms with Crippen molar-refractivity contribution < 1.29 is 22.4 Å². The van der Waals surface area contributed by atoms with Gasteiger partial charge in [0.05, 0.1) is 21.7 Å². The van der Waals surface area contributed by atoms with Gasteiger partial charge in [-0.1, -0.05) is 35.3 Å². The second-order valence-corrected chi connectivity index (χ2v) is 7.17. The fourth-order valence-electron chi connectivity index (χ4n) is 2.91. The van der Waals surface area contributed by atoms with Crippen molar-refractivity contribution in [2.24, 2.45) is 0 Å². The minimum Gasteiger partial charge on any atom is -0.436 e. The summed E-state index contributed by atoms with van der Waals surface area (Å²) in [6.07, 6.45) is -4.65. The molecule has 152 valence electrons. The second kappa shape index (κ2) is 7.66. The SMILES string of the molecule is O=C(Nc1ccc(Cl)c(-c2nc3ccc(Cl)cc3o2)c1)c1ccccc1C(F)(F)F. The van der Waals surface area contributed by atoms with Gasteiger partial charge in [0.15, 0.2) is 5.58 Å². The van der Waals surface area contributed by atoms with Gasteiger partial charge in [0, 0.05) is 16.8 Å². The Bertz CT molecular complexity index is 1270. The number of hydrogen-bond acceptors (Lipinski definition) is 3. The Morgan fingerprint density at radius 3 is 2.53 bits per heavy atom. The first-order chi connectivity index (χ1) is 14.2. The fraction of sp³-hybridized carbons (Fsp3) is 0.0476. The molecule has 0 aliphatic heterocycles. The number of carbonyl (C=O) groups is 1. The summed E-state index contributed by atoms with van der Waals surface area (Å²) in [7, 11) is 0.